The molecule has 0 aliphatic carbocycles. The summed E-state index contributed by atoms with van der Waals surface area (Å²) in [6, 6.07) is 18.1. The number of ether oxygens (including phenoxy) is 1. The van der Waals surface area contributed by atoms with Gasteiger partial charge >= 0.3 is 0 Å². The average Bonchev–Trinajstić information content (AvgIpc) is 2.71. The highest BCUT2D eigenvalue weighted by molar-refractivity contribution is 6.01. The van der Waals surface area contributed by atoms with Gasteiger partial charge in [-0.1, -0.05) is 42.5 Å². The molecule has 2 rings (SSSR count). The zero-order chi connectivity index (χ0) is 21.2. The fraction of sp³-hybridized carbons (Fsp3) is 0.261. The third-order valence-electron chi connectivity index (χ3n) is 4.02. The highest BCUT2D eigenvalue weighted by Gasteiger charge is 2.13. The lowest BCUT2D eigenvalue weighted by atomic mass is 10.1. The Bertz CT molecular complexity index is 897. The molecule has 6 nitrogen and oxygen atoms in total. The maximum Gasteiger partial charge on any atom is 0.262 e. The van der Waals surface area contributed by atoms with Gasteiger partial charge in [-0.3, -0.25) is 9.59 Å². The maximum absolute atomic E-state index is 12.4. The molecule has 0 heterocycles. The Balaban J connectivity index is 1.98. The summed E-state index contributed by atoms with van der Waals surface area (Å²) >= 11 is 0. The predicted octanol–water partition coefficient (Wildman–Crippen LogP) is 3.37. The van der Waals surface area contributed by atoms with Crippen LogP contribution in [0.4, 0.5) is 0 Å². The van der Waals surface area contributed by atoms with Crippen molar-refractivity contribution in [3.63, 3.8) is 0 Å². The highest BCUT2D eigenvalue weighted by atomic mass is 16.5. The zero-order valence-corrected chi connectivity index (χ0v) is 16.8. The van der Waals surface area contributed by atoms with Gasteiger partial charge in [-0.25, -0.2) is 0 Å². The van der Waals surface area contributed by atoms with Gasteiger partial charge in [-0.2, -0.15) is 5.26 Å². The molecule has 0 aliphatic heterocycles. The van der Waals surface area contributed by atoms with Gasteiger partial charge in [0.15, 0.2) is 6.61 Å². The van der Waals surface area contributed by atoms with Crippen LogP contribution in [0.5, 0.6) is 5.75 Å². The first-order valence-electron chi connectivity index (χ1n) is 9.39. The predicted molar refractivity (Wildman–Crippen MR) is 112 cm³/mol. The third kappa shape index (κ3) is 7.15. The van der Waals surface area contributed by atoms with Crippen LogP contribution in [-0.4, -0.2) is 24.5 Å². The molecule has 6 heteroatoms. The Morgan fingerprint density at radius 2 is 1.69 bits per heavy atom. The summed E-state index contributed by atoms with van der Waals surface area (Å²) in [4.78, 5) is 24.0. The van der Waals surface area contributed by atoms with Crippen molar-refractivity contribution in [2.75, 3.05) is 6.61 Å². The molecular formula is C23H25N3O3. The molecule has 0 aliphatic rings. The van der Waals surface area contributed by atoms with E-state index in [0.717, 1.165) is 5.56 Å². The Kier molecular flexibility index (Phi) is 7.99. The quantitative estimate of drug-likeness (QED) is 0.533. The Morgan fingerprint density at radius 3 is 2.28 bits per heavy atom. The Hall–Kier alpha value is -3.59. The van der Waals surface area contributed by atoms with E-state index in [4.69, 9.17) is 4.74 Å². The molecule has 150 valence electrons. The Morgan fingerprint density at radius 1 is 1.03 bits per heavy atom. The molecule has 29 heavy (non-hydrogen) atoms. The number of nitrogens with zero attached hydrogens (tertiary/aromatic N) is 1. The first-order valence-corrected chi connectivity index (χ1v) is 9.39. The fourth-order valence-corrected chi connectivity index (χ4v) is 2.59. The lowest BCUT2D eigenvalue weighted by Gasteiger charge is -2.13. The van der Waals surface area contributed by atoms with Crippen LogP contribution in [0.1, 0.15) is 37.9 Å². The first kappa shape index (κ1) is 21.7. The van der Waals surface area contributed by atoms with Crippen molar-refractivity contribution >= 4 is 17.9 Å². The number of carbonyl (C=O) groups excluding carboxylic acids is 2. The summed E-state index contributed by atoms with van der Waals surface area (Å²) in [7, 11) is 0. The van der Waals surface area contributed by atoms with Crippen molar-refractivity contribution in [2.45, 2.75) is 32.9 Å². The van der Waals surface area contributed by atoms with E-state index < -0.39 is 5.91 Å². The maximum atomic E-state index is 12.4. The van der Waals surface area contributed by atoms with Crippen LogP contribution in [-0.2, 0) is 9.59 Å². The van der Waals surface area contributed by atoms with Crippen molar-refractivity contribution in [3.8, 4) is 11.8 Å². The standard InChI is InChI=1S/C23H25N3O3/c1-16(2)25-22(27)15-29-21-11-9-18(10-12-21)13-20(14-24)23(28)26-17(3)19-7-5-4-6-8-19/h4-13,16-17H,15H2,1-3H3,(H,25,27)(H,26,28)/b20-13+/t17-/m0/s1. The minimum Gasteiger partial charge on any atom is -0.484 e. The topological polar surface area (TPSA) is 91.2 Å². The Labute approximate surface area is 171 Å². The molecular weight excluding hydrogens is 366 g/mol. The number of nitrogens with one attached hydrogen (secondary N) is 2. The molecule has 2 aromatic carbocycles. The van der Waals surface area contributed by atoms with Crippen LogP contribution < -0.4 is 15.4 Å². The molecule has 0 aromatic heterocycles. The van der Waals surface area contributed by atoms with Crippen molar-refractivity contribution < 1.29 is 14.3 Å². The van der Waals surface area contributed by atoms with E-state index in [9.17, 15) is 14.9 Å². The van der Waals surface area contributed by atoms with Gasteiger partial charge in [-0.05, 0) is 50.1 Å². The van der Waals surface area contributed by atoms with Gasteiger partial charge in [0.05, 0.1) is 6.04 Å². The molecule has 0 spiro atoms. The number of amides is 2. The summed E-state index contributed by atoms with van der Waals surface area (Å²) in [5.41, 5.74) is 1.65. The van der Waals surface area contributed by atoms with Crippen LogP contribution in [0.25, 0.3) is 6.08 Å². The molecule has 0 saturated heterocycles. The van der Waals surface area contributed by atoms with Gasteiger partial charge < -0.3 is 15.4 Å². The monoisotopic (exact) mass is 391 g/mol. The van der Waals surface area contributed by atoms with Gasteiger partial charge in [0, 0.05) is 6.04 Å². The average molecular weight is 391 g/mol. The first-order chi connectivity index (χ1) is 13.9. The second kappa shape index (κ2) is 10.7. The van der Waals surface area contributed by atoms with Crippen LogP contribution in [0.15, 0.2) is 60.2 Å². The number of carbonyl (C=O) groups is 2. The minimum atomic E-state index is -0.436. The number of hydrogen-bond acceptors (Lipinski definition) is 4. The smallest absolute Gasteiger partial charge is 0.262 e. The van der Waals surface area contributed by atoms with E-state index in [2.05, 4.69) is 10.6 Å². The van der Waals surface area contributed by atoms with Crippen LogP contribution in [0.3, 0.4) is 0 Å². The highest BCUT2D eigenvalue weighted by Crippen LogP contribution is 2.16. The normalized spacial score (nSPS) is 12.0. The molecule has 0 fully saturated rings. The van der Waals surface area contributed by atoms with Crippen LogP contribution in [0.2, 0.25) is 0 Å². The van der Waals surface area contributed by atoms with Crippen molar-refractivity contribution in [1.82, 2.24) is 10.6 Å². The van der Waals surface area contributed by atoms with Gasteiger partial charge in [0.25, 0.3) is 11.8 Å². The van der Waals surface area contributed by atoms with Crippen molar-refractivity contribution in [2.24, 2.45) is 0 Å². The summed E-state index contributed by atoms with van der Waals surface area (Å²) in [5.74, 6) is -0.101. The lowest BCUT2D eigenvalue weighted by molar-refractivity contribution is -0.123. The molecule has 2 aromatic rings. The van der Waals surface area contributed by atoms with Gasteiger partial charge in [-0.15, -0.1) is 0 Å². The van der Waals surface area contributed by atoms with Gasteiger partial charge in [0.2, 0.25) is 0 Å². The second-order valence-electron chi connectivity index (χ2n) is 6.86. The molecule has 0 bridgehead atoms. The van der Waals surface area contributed by atoms with E-state index in [1.54, 1.807) is 24.3 Å². The summed E-state index contributed by atoms with van der Waals surface area (Å²) in [6.07, 6.45) is 1.52. The SMILES string of the molecule is CC(C)NC(=O)COc1ccc(/C=C(\C#N)C(=O)N[C@@H](C)c2ccccc2)cc1. The molecule has 0 radical (unpaired) electrons. The number of nitriles is 1. The molecule has 0 saturated carbocycles. The van der Waals surface area contributed by atoms with Crippen LogP contribution in [0, 0.1) is 11.3 Å². The van der Waals surface area contributed by atoms with E-state index in [-0.39, 0.29) is 30.2 Å². The largest absolute Gasteiger partial charge is 0.484 e. The third-order valence-corrected chi connectivity index (χ3v) is 4.02. The summed E-state index contributed by atoms with van der Waals surface area (Å²) in [5, 5.41) is 14.9. The minimum absolute atomic E-state index is 0.0118. The zero-order valence-electron chi connectivity index (χ0n) is 16.8. The summed E-state index contributed by atoms with van der Waals surface area (Å²) < 4.78 is 5.43. The van der Waals surface area contributed by atoms with Crippen molar-refractivity contribution in [1.29, 1.82) is 5.26 Å². The number of benzene rings is 2. The van der Waals surface area contributed by atoms with Crippen LogP contribution >= 0.6 is 0 Å². The molecule has 1 atom stereocenters. The van der Waals surface area contributed by atoms with E-state index in [1.165, 1.54) is 6.08 Å². The van der Waals surface area contributed by atoms with Crippen molar-refractivity contribution in [3.05, 3.63) is 71.3 Å². The van der Waals surface area contributed by atoms with E-state index >= 15 is 0 Å². The van der Waals surface area contributed by atoms with E-state index in [1.807, 2.05) is 57.2 Å². The number of hydrogen-bond donors (Lipinski definition) is 2. The van der Waals surface area contributed by atoms with E-state index in [0.29, 0.717) is 11.3 Å². The lowest BCUT2D eigenvalue weighted by Crippen LogP contribution is -2.34. The fourth-order valence-electron chi connectivity index (χ4n) is 2.59. The molecule has 2 amide bonds. The molecule has 0 unspecified atom stereocenters. The second-order valence-corrected chi connectivity index (χ2v) is 6.86. The molecule has 2 N–H and O–H groups in total. The summed E-state index contributed by atoms with van der Waals surface area (Å²) in [6.45, 7) is 5.55. The van der Waals surface area contributed by atoms with Gasteiger partial charge in [0.1, 0.15) is 17.4 Å². The number of rotatable bonds is 8.